The lowest BCUT2D eigenvalue weighted by molar-refractivity contribution is -0.380. The van der Waals surface area contributed by atoms with Crippen molar-refractivity contribution < 1.29 is 23.0 Å². The first-order valence-electron chi connectivity index (χ1n) is 3.78. The summed E-state index contributed by atoms with van der Waals surface area (Å²) in [5.74, 6) is -3.06. The van der Waals surface area contributed by atoms with Crippen molar-refractivity contribution in [1.29, 1.82) is 0 Å². The first kappa shape index (κ1) is 9.80. The lowest BCUT2D eigenvalue weighted by atomic mass is 9.95. The van der Waals surface area contributed by atoms with Crippen LogP contribution in [0.5, 0.6) is 0 Å². The van der Waals surface area contributed by atoms with Crippen LogP contribution in [0.25, 0.3) is 0 Å². The van der Waals surface area contributed by atoms with Crippen LogP contribution in [0.2, 0.25) is 0 Å². The van der Waals surface area contributed by atoms with Gasteiger partial charge >= 0.3 is 6.18 Å². The van der Waals surface area contributed by atoms with Gasteiger partial charge < -0.3 is 9.84 Å². The minimum atomic E-state index is -4.68. The van der Waals surface area contributed by atoms with Crippen LogP contribution in [-0.2, 0) is 4.74 Å². The van der Waals surface area contributed by atoms with E-state index in [1.54, 1.807) is 6.92 Å². The van der Waals surface area contributed by atoms with Crippen molar-refractivity contribution >= 4 is 0 Å². The third-order valence-electron chi connectivity index (χ3n) is 2.02. The van der Waals surface area contributed by atoms with Gasteiger partial charge in [0.2, 0.25) is 0 Å². The average Bonchev–Trinajstić information content (AvgIpc) is 1.83. The van der Waals surface area contributed by atoms with E-state index in [9.17, 15) is 13.2 Å². The first-order valence-corrected chi connectivity index (χ1v) is 3.78. The summed E-state index contributed by atoms with van der Waals surface area (Å²) in [6, 6.07) is 0. The highest BCUT2D eigenvalue weighted by Gasteiger charge is 2.56. The normalized spacial score (nSPS) is 38.2. The second-order valence-corrected chi connectivity index (χ2v) is 3.23. The van der Waals surface area contributed by atoms with Crippen LogP contribution in [0.1, 0.15) is 19.8 Å². The van der Waals surface area contributed by atoms with Gasteiger partial charge in [0.05, 0.1) is 6.61 Å². The molecule has 1 saturated heterocycles. The van der Waals surface area contributed by atoms with E-state index in [0.717, 1.165) is 0 Å². The zero-order chi connectivity index (χ0) is 9.41. The van der Waals surface area contributed by atoms with Gasteiger partial charge in [0.1, 0.15) is 0 Å². The van der Waals surface area contributed by atoms with Gasteiger partial charge in [-0.1, -0.05) is 6.92 Å². The Morgan fingerprint density at radius 1 is 1.50 bits per heavy atom. The predicted molar refractivity (Wildman–Crippen MR) is 35.4 cm³/mol. The van der Waals surface area contributed by atoms with Crippen LogP contribution < -0.4 is 0 Å². The van der Waals surface area contributed by atoms with Gasteiger partial charge in [-0.15, -0.1) is 0 Å². The molecule has 5 heteroatoms. The summed E-state index contributed by atoms with van der Waals surface area (Å²) in [4.78, 5) is 0. The van der Waals surface area contributed by atoms with E-state index in [4.69, 9.17) is 5.11 Å². The van der Waals surface area contributed by atoms with Crippen LogP contribution in [0.3, 0.4) is 0 Å². The SMILES string of the molecule is C[C@H]1CCOC(O)(C(F)(F)F)C1. The molecule has 12 heavy (non-hydrogen) atoms. The third kappa shape index (κ3) is 1.72. The quantitative estimate of drug-likeness (QED) is 0.620. The fourth-order valence-corrected chi connectivity index (χ4v) is 1.26. The number of halogens is 3. The van der Waals surface area contributed by atoms with Gasteiger partial charge in [0.15, 0.2) is 0 Å². The van der Waals surface area contributed by atoms with E-state index < -0.39 is 12.0 Å². The van der Waals surface area contributed by atoms with Gasteiger partial charge in [-0.25, -0.2) is 0 Å². The molecule has 0 aromatic heterocycles. The molecule has 1 N–H and O–H groups in total. The summed E-state index contributed by atoms with van der Waals surface area (Å²) in [5, 5.41) is 9.03. The molecule has 72 valence electrons. The van der Waals surface area contributed by atoms with Crippen LogP contribution in [0, 0.1) is 5.92 Å². The maximum absolute atomic E-state index is 12.1. The molecule has 0 radical (unpaired) electrons. The Morgan fingerprint density at radius 2 is 2.08 bits per heavy atom. The molecule has 0 spiro atoms. The number of hydrogen-bond acceptors (Lipinski definition) is 2. The van der Waals surface area contributed by atoms with Gasteiger partial charge in [0.25, 0.3) is 5.79 Å². The Labute approximate surface area is 68.3 Å². The molecule has 0 bridgehead atoms. The van der Waals surface area contributed by atoms with E-state index >= 15 is 0 Å². The highest BCUT2D eigenvalue weighted by atomic mass is 19.4. The summed E-state index contributed by atoms with van der Waals surface area (Å²) < 4.78 is 40.7. The largest absolute Gasteiger partial charge is 0.443 e. The van der Waals surface area contributed by atoms with Crippen molar-refractivity contribution in [3.05, 3.63) is 0 Å². The minimum Gasteiger partial charge on any atom is -0.359 e. The molecule has 0 aromatic rings. The first-order chi connectivity index (χ1) is 5.35. The van der Waals surface area contributed by atoms with E-state index in [-0.39, 0.29) is 18.9 Å². The van der Waals surface area contributed by atoms with Gasteiger partial charge in [-0.05, 0) is 12.3 Å². The highest BCUT2D eigenvalue weighted by Crippen LogP contribution is 2.39. The molecule has 1 heterocycles. The van der Waals surface area contributed by atoms with Crippen molar-refractivity contribution in [1.82, 2.24) is 0 Å². The number of aliphatic hydroxyl groups is 1. The maximum Gasteiger partial charge on any atom is 0.443 e. The fraction of sp³-hybridized carbons (Fsp3) is 1.00. The third-order valence-corrected chi connectivity index (χ3v) is 2.02. The Kier molecular flexibility index (Phi) is 2.35. The number of alkyl halides is 3. The molecular weight excluding hydrogens is 173 g/mol. The summed E-state index contributed by atoms with van der Waals surface area (Å²) in [7, 11) is 0. The van der Waals surface area contributed by atoms with Crippen molar-refractivity contribution in [2.24, 2.45) is 5.92 Å². The molecule has 0 saturated carbocycles. The molecule has 1 aliphatic rings. The molecule has 0 aromatic carbocycles. The zero-order valence-corrected chi connectivity index (χ0v) is 6.69. The maximum atomic E-state index is 12.1. The lowest BCUT2D eigenvalue weighted by Crippen LogP contribution is -2.51. The van der Waals surface area contributed by atoms with Gasteiger partial charge in [0, 0.05) is 6.42 Å². The Morgan fingerprint density at radius 3 is 2.42 bits per heavy atom. The number of rotatable bonds is 0. The highest BCUT2D eigenvalue weighted by molar-refractivity contribution is 4.82. The molecule has 2 nitrogen and oxygen atoms in total. The van der Waals surface area contributed by atoms with Crippen molar-refractivity contribution in [3.8, 4) is 0 Å². The molecule has 0 amide bonds. The Bertz CT molecular complexity index is 169. The smallest absolute Gasteiger partial charge is 0.359 e. The van der Waals surface area contributed by atoms with E-state index in [1.165, 1.54) is 0 Å². The predicted octanol–water partition coefficient (Wildman–Crippen LogP) is 1.68. The Hall–Kier alpha value is -0.290. The summed E-state index contributed by atoms with van der Waals surface area (Å²) in [6.45, 7) is 1.64. The summed E-state index contributed by atoms with van der Waals surface area (Å²) in [6.07, 6.45) is -4.48. The molecule has 1 aliphatic heterocycles. The van der Waals surface area contributed by atoms with Crippen molar-refractivity contribution in [2.75, 3.05) is 6.61 Å². The molecule has 1 rings (SSSR count). The second-order valence-electron chi connectivity index (χ2n) is 3.23. The molecule has 2 atom stereocenters. The van der Waals surface area contributed by atoms with E-state index in [0.29, 0.717) is 6.42 Å². The molecule has 0 aliphatic carbocycles. The van der Waals surface area contributed by atoms with Crippen LogP contribution in [-0.4, -0.2) is 23.7 Å². The standard InChI is InChI=1S/C7H11F3O2/c1-5-2-3-12-6(11,4-5)7(8,9)10/h5,11H,2-4H2,1H3/t5-,6?/m0/s1. The number of hydrogen-bond donors (Lipinski definition) is 1. The second kappa shape index (κ2) is 2.88. The van der Waals surface area contributed by atoms with Crippen LogP contribution in [0.4, 0.5) is 13.2 Å². The molecule has 1 unspecified atom stereocenters. The van der Waals surface area contributed by atoms with Gasteiger partial charge in [-0.2, -0.15) is 13.2 Å². The lowest BCUT2D eigenvalue weighted by Gasteiger charge is -2.36. The number of ether oxygens (including phenoxy) is 1. The monoisotopic (exact) mass is 184 g/mol. The molecular formula is C7H11F3O2. The van der Waals surface area contributed by atoms with E-state index in [1.807, 2.05) is 0 Å². The van der Waals surface area contributed by atoms with Crippen LogP contribution in [0.15, 0.2) is 0 Å². The summed E-state index contributed by atoms with van der Waals surface area (Å²) in [5.41, 5.74) is 0. The summed E-state index contributed by atoms with van der Waals surface area (Å²) >= 11 is 0. The van der Waals surface area contributed by atoms with Crippen molar-refractivity contribution in [2.45, 2.75) is 31.7 Å². The van der Waals surface area contributed by atoms with Crippen LogP contribution >= 0.6 is 0 Å². The van der Waals surface area contributed by atoms with Crippen molar-refractivity contribution in [3.63, 3.8) is 0 Å². The minimum absolute atomic E-state index is 0.0306. The molecule has 1 fully saturated rings. The fourth-order valence-electron chi connectivity index (χ4n) is 1.26. The Balaban J connectivity index is 2.70. The average molecular weight is 184 g/mol. The van der Waals surface area contributed by atoms with Gasteiger partial charge in [-0.3, -0.25) is 0 Å². The topological polar surface area (TPSA) is 29.5 Å². The van der Waals surface area contributed by atoms with E-state index in [2.05, 4.69) is 4.74 Å². The zero-order valence-electron chi connectivity index (χ0n) is 6.69.